The molecule has 1 aromatic carbocycles. The number of hydrogen-bond donors (Lipinski definition) is 0. The average molecular weight is 327 g/mol. The summed E-state index contributed by atoms with van der Waals surface area (Å²) in [6.45, 7) is 1.46. The first-order chi connectivity index (χ1) is 11.7. The zero-order valence-electron chi connectivity index (χ0n) is 13.0. The quantitative estimate of drug-likeness (QED) is 0.838. The number of likely N-dealkylation sites (tertiary alicyclic amines) is 1. The van der Waals surface area contributed by atoms with E-state index in [4.69, 9.17) is 9.15 Å². The van der Waals surface area contributed by atoms with Gasteiger partial charge in [-0.1, -0.05) is 30.3 Å². The molecule has 0 radical (unpaired) electrons. The lowest BCUT2D eigenvalue weighted by Gasteiger charge is -2.36. The summed E-state index contributed by atoms with van der Waals surface area (Å²) in [5, 5.41) is 0. The highest BCUT2D eigenvalue weighted by Gasteiger charge is 2.45. The molecule has 2 aliphatic rings. The van der Waals surface area contributed by atoms with Gasteiger partial charge in [0, 0.05) is 19.6 Å². The molecule has 7 nitrogen and oxygen atoms in total. The number of hydrogen-bond acceptors (Lipinski definition) is 5. The lowest BCUT2D eigenvalue weighted by atomic mass is 10.1. The van der Waals surface area contributed by atoms with Crippen LogP contribution in [0.15, 0.2) is 47.3 Å². The Morgan fingerprint density at radius 2 is 2.08 bits per heavy atom. The summed E-state index contributed by atoms with van der Waals surface area (Å²) in [7, 11) is 0. The van der Waals surface area contributed by atoms with E-state index < -0.39 is 0 Å². The summed E-state index contributed by atoms with van der Waals surface area (Å²) in [5.41, 5.74) is 1.06. The van der Waals surface area contributed by atoms with Crippen LogP contribution in [0.25, 0.3) is 0 Å². The summed E-state index contributed by atoms with van der Waals surface area (Å²) in [5.74, 6) is -0.0683. The molecule has 2 atom stereocenters. The van der Waals surface area contributed by atoms with Gasteiger partial charge in [-0.3, -0.25) is 9.59 Å². The molecule has 2 amide bonds. The van der Waals surface area contributed by atoms with Crippen LogP contribution in [0.2, 0.25) is 0 Å². The van der Waals surface area contributed by atoms with Crippen molar-refractivity contribution in [3.8, 4) is 0 Å². The molecule has 0 unspecified atom stereocenters. The maximum atomic E-state index is 12.4. The topological polar surface area (TPSA) is 75.9 Å². The molecule has 0 N–H and O–H groups in total. The monoisotopic (exact) mass is 327 g/mol. The van der Waals surface area contributed by atoms with E-state index in [0.717, 1.165) is 5.56 Å². The van der Waals surface area contributed by atoms with Crippen molar-refractivity contribution in [2.75, 3.05) is 19.7 Å². The number of morpholine rings is 1. The van der Waals surface area contributed by atoms with Crippen LogP contribution < -0.4 is 0 Å². The Kier molecular flexibility index (Phi) is 3.78. The van der Waals surface area contributed by atoms with Gasteiger partial charge in [0.1, 0.15) is 6.61 Å². The highest BCUT2D eigenvalue weighted by molar-refractivity contribution is 5.91. The highest BCUT2D eigenvalue weighted by Crippen LogP contribution is 2.26. The molecule has 2 aromatic rings. The number of amides is 2. The minimum Gasteiger partial charge on any atom is -0.438 e. The number of oxazole rings is 1. The largest absolute Gasteiger partial charge is 0.438 e. The number of rotatable bonds is 3. The third-order valence-corrected chi connectivity index (χ3v) is 4.50. The average Bonchev–Trinajstić information content (AvgIpc) is 3.27. The highest BCUT2D eigenvalue weighted by atomic mass is 16.5. The van der Waals surface area contributed by atoms with Crippen LogP contribution in [0.5, 0.6) is 0 Å². The van der Waals surface area contributed by atoms with E-state index in [2.05, 4.69) is 4.98 Å². The predicted octanol–water partition coefficient (Wildman–Crippen LogP) is 0.927. The Labute approximate surface area is 138 Å². The molecule has 3 heterocycles. The first-order valence-electron chi connectivity index (χ1n) is 7.85. The Hall–Kier alpha value is -2.67. The molecule has 0 aliphatic carbocycles. The van der Waals surface area contributed by atoms with Gasteiger partial charge in [0.05, 0.1) is 18.3 Å². The van der Waals surface area contributed by atoms with E-state index in [1.165, 1.54) is 12.6 Å². The SMILES string of the molecule is O=C(c1cnco1)N1C[C@@H]2[C@@H](C1)OCC(=O)N2Cc1ccccc1. The van der Waals surface area contributed by atoms with Gasteiger partial charge in [-0.05, 0) is 5.56 Å². The van der Waals surface area contributed by atoms with Crippen LogP contribution in [-0.4, -0.2) is 58.4 Å². The number of benzene rings is 1. The zero-order valence-corrected chi connectivity index (χ0v) is 13.0. The fourth-order valence-electron chi connectivity index (χ4n) is 3.29. The second-order valence-electron chi connectivity index (χ2n) is 6.00. The molecule has 0 bridgehead atoms. The second kappa shape index (κ2) is 6.09. The van der Waals surface area contributed by atoms with Crippen molar-refractivity contribution in [1.29, 1.82) is 0 Å². The van der Waals surface area contributed by atoms with Gasteiger partial charge in [-0.15, -0.1) is 0 Å². The number of fused-ring (bicyclic) bond motifs is 1. The molecule has 124 valence electrons. The molecule has 2 fully saturated rings. The molecule has 1 aromatic heterocycles. The maximum Gasteiger partial charge on any atom is 0.291 e. The molecular formula is C17H17N3O4. The second-order valence-corrected chi connectivity index (χ2v) is 6.00. The van der Waals surface area contributed by atoms with Gasteiger partial charge >= 0.3 is 0 Å². The molecule has 2 aliphatic heterocycles. The van der Waals surface area contributed by atoms with Gasteiger partial charge in [0.2, 0.25) is 11.7 Å². The summed E-state index contributed by atoms with van der Waals surface area (Å²) >= 11 is 0. The number of aromatic nitrogens is 1. The molecule has 2 saturated heterocycles. The first-order valence-corrected chi connectivity index (χ1v) is 7.85. The predicted molar refractivity (Wildman–Crippen MR) is 82.9 cm³/mol. The van der Waals surface area contributed by atoms with Crippen LogP contribution in [-0.2, 0) is 16.1 Å². The van der Waals surface area contributed by atoms with E-state index in [0.29, 0.717) is 19.6 Å². The lowest BCUT2D eigenvalue weighted by Crippen LogP contribution is -2.53. The zero-order chi connectivity index (χ0) is 16.5. The standard InChI is InChI=1S/C17H17N3O4/c21-16-10-23-15-9-19(17(22)14-6-18-11-24-14)8-13(15)20(16)7-12-4-2-1-3-5-12/h1-6,11,13,15H,7-10H2/t13-,15-/m1/s1. The fourth-order valence-corrected chi connectivity index (χ4v) is 3.29. The Bertz CT molecular complexity index is 732. The third-order valence-electron chi connectivity index (χ3n) is 4.50. The minimum absolute atomic E-state index is 0.0472. The van der Waals surface area contributed by atoms with Gasteiger partial charge in [0.15, 0.2) is 6.39 Å². The van der Waals surface area contributed by atoms with Crippen molar-refractivity contribution in [2.24, 2.45) is 0 Å². The van der Waals surface area contributed by atoms with Gasteiger partial charge in [-0.2, -0.15) is 0 Å². The van der Waals surface area contributed by atoms with Crippen LogP contribution in [0.4, 0.5) is 0 Å². The third kappa shape index (κ3) is 2.67. The van der Waals surface area contributed by atoms with Crippen LogP contribution in [0.3, 0.4) is 0 Å². The summed E-state index contributed by atoms with van der Waals surface area (Å²) in [6.07, 6.45) is 2.47. The van der Waals surface area contributed by atoms with Crippen molar-refractivity contribution >= 4 is 11.8 Å². The van der Waals surface area contributed by atoms with Crippen molar-refractivity contribution in [3.63, 3.8) is 0 Å². The van der Waals surface area contributed by atoms with E-state index in [9.17, 15) is 9.59 Å². The van der Waals surface area contributed by atoms with Crippen molar-refractivity contribution in [2.45, 2.75) is 18.7 Å². The Morgan fingerprint density at radius 1 is 1.25 bits per heavy atom. The number of nitrogens with zero attached hydrogens (tertiary/aromatic N) is 3. The van der Waals surface area contributed by atoms with E-state index in [1.807, 2.05) is 35.2 Å². The minimum atomic E-state index is -0.224. The van der Waals surface area contributed by atoms with Crippen molar-refractivity contribution in [1.82, 2.24) is 14.8 Å². The van der Waals surface area contributed by atoms with Gasteiger partial charge < -0.3 is 19.0 Å². The van der Waals surface area contributed by atoms with Crippen molar-refractivity contribution < 1.29 is 18.7 Å². The Balaban J connectivity index is 1.52. The maximum absolute atomic E-state index is 12.4. The number of ether oxygens (including phenoxy) is 1. The van der Waals surface area contributed by atoms with Crippen molar-refractivity contribution in [3.05, 3.63) is 54.2 Å². The fraction of sp³-hybridized carbons (Fsp3) is 0.353. The van der Waals surface area contributed by atoms with Crippen LogP contribution >= 0.6 is 0 Å². The lowest BCUT2D eigenvalue weighted by molar-refractivity contribution is -0.153. The summed E-state index contributed by atoms with van der Waals surface area (Å²) < 4.78 is 10.7. The smallest absolute Gasteiger partial charge is 0.291 e. The van der Waals surface area contributed by atoms with E-state index in [1.54, 1.807) is 4.90 Å². The molecule has 0 spiro atoms. The summed E-state index contributed by atoms with van der Waals surface area (Å²) in [6, 6.07) is 9.69. The first kappa shape index (κ1) is 14.9. The molecule has 24 heavy (non-hydrogen) atoms. The van der Waals surface area contributed by atoms with E-state index >= 15 is 0 Å². The van der Waals surface area contributed by atoms with Crippen LogP contribution in [0.1, 0.15) is 16.1 Å². The molecular weight excluding hydrogens is 310 g/mol. The van der Waals surface area contributed by atoms with E-state index in [-0.39, 0.29) is 36.3 Å². The number of carbonyl (C=O) groups is 2. The number of carbonyl (C=O) groups excluding carboxylic acids is 2. The molecule has 0 saturated carbocycles. The van der Waals surface area contributed by atoms with Gasteiger partial charge in [0.25, 0.3) is 5.91 Å². The normalized spacial score (nSPS) is 23.4. The van der Waals surface area contributed by atoms with Gasteiger partial charge in [-0.25, -0.2) is 4.98 Å². The molecule has 7 heteroatoms. The summed E-state index contributed by atoms with van der Waals surface area (Å²) in [4.78, 5) is 32.0. The Morgan fingerprint density at radius 3 is 2.83 bits per heavy atom. The van der Waals surface area contributed by atoms with Crippen LogP contribution in [0, 0.1) is 0 Å². The molecule has 4 rings (SSSR count).